The van der Waals surface area contributed by atoms with Crippen LogP contribution in [0.4, 0.5) is 5.82 Å². The molecule has 0 spiro atoms. The highest BCUT2D eigenvalue weighted by Gasteiger charge is 2.16. The number of nitrogen functional groups attached to an aromatic ring is 1. The number of hydrogen-bond acceptors (Lipinski definition) is 6. The van der Waals surface area contributed by atoms with E-state index in [0.29, 0.717) is 29.8 Å². The van der Waals surface area contributed by atoms with E-state index in [1.807, 2.05) is 54.6 Å². The minimum Gasteiger partial charge on any atom is -0.457 e. The fraction of sp³-hybridized carbons (Fsp3) is 0.200. The number of benzene rings is 2. The van der Waals surface area contributed by atoms with Gasteiger partial charge in [0.05, 0.1) is 17.0 Å². The van der Waals surface area contributed by atoms with E-state index in [4.69, 9.17) is 15.9 Å². The van der Waals surface area contributed by atoms with Gasteiger partial charge in [-0.1, -0.05) is 24.3 Å². The van der Waals surface area contributed by atoms with Crippen molar-refractivity contribution in [1.82, 2.24) is 15.3 Å². The second-order valence-corrected chi connectivity index (χ2v) is 7.14. The number of rotatable bonds is 10. The third-order valence-electron chi connectivity index (χ3n) is 4.78. The summed E-state index contributed by atoms with van der Waals surface area (Å²) in [5.41, 5.74) is 8.36. The molecule has 0 saturated heterocycles. The van der Waals surface area contributed by atoms with E-state index >= 15 is 0 Å². The van der Waals surface area contributed by atoms with Crippen LogP contribution < -0.4 is 15.8 Å². The molecule has 1 heterocycles. The van der Waals surface area contributed by atoms with Gasteiger partial charge in [0, 0.05) is 12.1 Å². The van der Waals surface area contributed by atoms with E-state index in [1.165, 1.54) is 12.4 Å². The molecule has 0 saturated carbocycles. The molecule has 0 atom stereocenters. The largest absolute Gasteiger partial charge is 0.457 e. The standard InChI is InChI=1S/C25H27N5O2/c1-2-8-22(31)28-16-7-6-11-21-23(25(27)30-17-29-21)24(26)18-12-14-20(15-13-18)32-19-9-4-3-5-10-19/h2-5,8-10,12-15,17,26H,6-7,11,16H2,1H3,(H,28,31)(H2,27,29,30)/b8-2+,26-24?. The first-order chi connectivity index (χ1) is 15.6. The quantitative estimate of drug-likeness (QED) is 0.253. The van der Waals surface area contributed by atoms with Crippen LogP contribution in [0.3, 0.4) is 0 Å². The minimum absolute atomic E-state index is 0.0964. The first kappa shape index (κ1) is 22.7. The number of amides is 1. The highest BCUT2D eigenvalue weighted by atomic mass is 16.5. The summed E-state index contributed by atoms with van der Waals surface area (Å²) in [6.07, 6.45) is 6.87. The van der Waals surface area contributed by atoms with E-state index in [9.17, 15) is 4.79 Å². The topological polar surface area (TPSA) is 114 Å². The molecule has 0 unspecified atom stereocenters. The summed E-state index contributed by atoms with van der Waals surface area (Å²) in [5, 5.41) is 11.5. The average Bonchev–Trinajstić information content (AvgIpc) is 2.80. The van der Waals surface area contributed by atoms with E-state index < -0.39 is 0 Å². The van der Waals surface area contributed by atoms with Crippen molar-refractivity contribution >= 4 is 17.4 Å². The van der Waals surface area contributed by atoms with Crippen LogP contribution in [0.5, 0.6) is 11.5 Å². The maximum Gasteiger partial charge on any atom is 0.243 e. The number of hydrogen-bond donors (Lipinski definition) is 3. The number of unbranched alkanes of at least 4 members (excludes halogenated alkanes) is 1. The Kier molecular flexibility index (Phi) is 8.09. The number of aromatic nitrogens is 2. The number of para-hydroxylation sites is 1. The van der Waals surface area contributed by atoms with Crippen LogP contribution in [0.1, 0.15) is 36.6 Å². The maximum absolute atomic E-state index is 11.5. The second-order valence-electron chi connectivity index (χ2n) is 7.14. The van der Waals surface area contributed by atoms with Gasteiger partial charge in [-0.15, -0.1) is 0 Å². The summed E-state index contributed by atoms with van der Waals surface area (Å²) >= 11 is 0. The van der Waals surface area contributed by atoms with Gasteiger partial charge in [0.2, 0.25) is 5.91 Å². The fourth-order valence-electron chi connectivity index (χ4n) is 3.20. The molecule has 0 aliphatic rings. The summed E-state index contributed by atoms with van der Waals surface area (Å²) in [5.74, 6) is 1.62. The molecule has 7 heteroatoms. The summed E-state index contributed by atoms with van der Waals surface area (Å²) in [7, 11) is 0. The number of nitrogens with two attached hydrogens (primary N) is 1. The van der Waals surface area contributed by atoms with Crippen molar-refractivity contribution in [1.29, 1.82) is 5.41 Å². The number of ether oxygens (including phenoxy) is 1. The van der Waals surface area contributed by atoms with Gasteiger partial charge >= 0.3 is 0 Å². The van der Waals surface area contributed by atoms with Gasteiger partial charge in [0.15, 0.2) is 0 Å². The Morgan fingerprint density at radius 3 is 2.50 bits per heavy atom. The number of carbonyl (C=O) groups excluding carboxylic acids is 1. The summed E-state index contributed by atoms with van der Waals surface area (Å²) in [6.45, 7) is 2.39. The van der Waals surface area contributed by atoms with Gasteiger partial charge in [-0.05, 0) is 68.7 Å². The van der Waals surface area contributed by atoms with Crippen LogP contribution in [-0.2, 0) is 11.2 Å². The molecule has 3 aromatic rings. The van der Waals surface area contributed by atoms with Gasteiger partial charge < -0.3 is 15.8 Å². The van der Waals surface area contributed by atoms with Gasteiger partial charge in [0.1, 0.15) is 23.6 Å². The van der Waals surface area contributed by atoms with Gasteiger partial charge in [-0.2, -0.15) is 0 Å². The highest BCUT2D eigenvalue weighted by Crippen LogP contribution is 2.24. The molecule has 0 bridgehead atoms. The van der Waals surface area contributed by atoms with Gasteiger partial charge in [0.25, 0.3) is 0 Å². The normalized spacial score (nSPS) is 10.8. The summed E-state index contributed by atoms with van der Waals surface area (Å²) in [6, 6.07) is 16.8. The van der Waals surface area contributed by atoms with Crippen LogP contribution in [0, 0.1) is 5.41 Å². The summed E-state index contributed by atoms with van der Waals surface area (Å²) in [4.78, 5) is 19.9. The van der Waals surface area contributed by atoms with Gasteiger partial charge in [-0.3, -0.25) is 10.2 Å². The molecule has 0 fully saturated rings. The third-order valence-corrected chi connectivity index (χ3v) is 4.78. The first-order valence-electron chi connectivity index (χ1n) is 10.5. The summed E-state index contributed by atoms with van der Waals surface area (Å²) < 4.78 is 5.82. The third kappa shape index (κ3) is 6.25. The maximum atomic E-state index is 11.5. The Morgan fingerprint density at radius 2 is 1.78 bits per heavy atom. The van der Waals surface area contributed by atoms with E-state index in [-0.39, 0.29) is 17.4 Å². The molecular weight excluding hydrogens is 402 g/mol. The molecular formula is C25H27N5O2. The van der Waals surface area contributed by atoms with Crippen LogP contribution in [-0.4, -0.2) is 28.1 Å². The Labute approximate surface area is 187 Å². The molecule has 2 aromatic carbocycles. The number of nitrogens with one attached hydrogen (secondary N) is 2. The Balaban J connectivity index is 1.65. The number of allylic oxidation sites excluding steroid dienone is 1. The van der Waals surface area contributed by atoms with E-state index in [0.717, 1.165) is 24.3 Å². The minimum atomic E-state index is -0.0964. The van der Waals surface area contributed by atoms with Crippen molar-refractivity contribution in [3.05, 3.63) is 89.9 Å². The first-order valence-corrected chi connectivity index (χ1v) is 10.5. The van der Waals surface area contributed by atoms with Crippen LogP contribution in [0.2, 0.25) is 0 Å². The van der Waals surface area contributed by atoms with Crippen molar-refractivity contribution in [2.45, 2.75) is 26.2 Å². The Morgan fingerprint density at radius 1 is 1.06 bits per heavy atom. The molecule has 164 valence electrons. The molecule has 1 amide bonds. The van der Waals surface area contributed by atoms with E-state index in [1.54, 1.807) is 13.0 Å². The molecule has 3 rings (SSSR count). The number of nitrogens with zero attached hydrogens (tertiary/aromatic N) is 2. The zero-order valence-electron chi connectivity index (χ0n) is 18.0. The van der Waals surface area contributed by atoms with Crippen LogP contribution in [0.25, 0.3) is 0 Å². The number of carbonyl (C=O) groups is 1. The molecule has 7 nitrogen and oxygen atoms in total. The monoisotopic (exact) mass is 429 g/mol. The molecule has 32 heavy (non-hydrogen) atoms. The lowest BCUT2D eigenvalue weighted by Crippen LogP contribution is -2.22. The Hall–Kier alpha value is -4.00. The van der Waals surface area contributed by atoms with Crippen LogP contribution in [0.15, 0.2) is 73.1 Å². The van der Waals surface area contributed by atoms with Crippen molar-refractivity contribution in [3.63, 3.8) is 0 Å². The van der Waals surface area contributed by atoms with Crippen molar-refractivity contribution in [2.75, 3.05) is 12.3 Å². The van der Waals surface area contributed by atoms with E-state index in [2.05, 4.69) is 15.3 Å². The predicted octanol–water partition coefficient (Wildman–Crippen LogP) is 4.28. The van der Waals surface area contributed by atoms with Crippen molar-refractivity contribution in [2.24, 2.45) is 0 Å². The smallest absolute Gasteiger partial charge is 0.243 e. The van der Waals surface area contributed by atoms with Crippen molar-refractivity contribution in [3.8, 4) is 11.5 Å². The predicted molar refractivity (Wildman–Crippen MR) is 126 cm³/mol. The fourth-order valence-corrected chi connectivity index (χ4v) is 3.20. The number of anilines is 1. The van der Waals surface area contributed by atoms with Crippen LogP contribution >= 0.6 is 0 Å². The molecule has 0 aliphatic carbocycles. The van der Waals surface area contributed by atoms with Crippen molar-refractivity contribution < 1.29 is 9.53 Å². The molecule has 4 N–H and O–H groups in total. The number of aryl methyl sites for hydroxylation is 1. The zero-order valence-corrected chi connectivity index (χ0v) is 18.0. The van der Waals surface area contributed by atoms with Gasteiger partial charge in [-0.25, -0.2) is 9.97 Å². The second kappa shape index (κ2) is 11.4. The molecule has 0 aliphatic heterocycles. The highest BCUT2D eigenvalue weighted by molar-refractivity contribution is 6.14. The lowest BCUT2D eigenvalue weighted by atomic mass is 9.99. The average molecular weight is 430 g/mol. The SMILES string of the molecule is C/C=C/C(=O)NCCCCc1ncnc(N)c1C(=N)c1ccc(Oc2ccccc2)cc1. The molecule has 1 aromatic heterocycles. The molecule has 0 radical (unpaired) electrons. The lowest BCUT2D eigenvalue weighted by molar-refractivity contribution is -0.116. The lowest BCUT2D eigenvalue weighted by Gasteiger charge is -2.13. The Bertz CT molecular complexity index is 1080. The zero-order chi connectivity index (χ0) is 22.8.